The maximum absolute atomic E-state index is 11.1. The first-order chi connectivity index (χ1) is 8.19. The number of nitrogens with one attached hydrogen (secondary N) is 1. The summed E-state index contributed by atoms with van der Waals surface area (Å²) in [5.41, 5.74) is 1.46. The number of ether oxygens (including phenoxy) is 1. The first-order valence-electron chi connectivity index (χ1n) is 5.06. The monoisotopic (exact) mass is 294 g/mol. The minimum atomic E-state index is -0.336. The van der Waals surface area contributed by atoms with Crippen LogP contribution in [0, 0.1) is 0 Å². The maximum atomic E-state index is 11.1. The predicted octanol–water partition coefficient (Wildman–Crippen LogP) is 2.13. The molecule has 0 saturated heterocycles. The fraction of sp³-hybridized carbons (Fsp3) is 0.167. The molecular formula is C12H11BrN2O2. The predicted molar refractivity (Wildman–Crippen MR) is 68.4 cm³/mol. The second-order valence-corrected chi connectivity index (χ2v) is 4.38. The maximum Gasteiger partial charge on any atom is 0.345 e. The van der Waals surface area contributed by atoms with Gasteiger partial charge in [0, 0.05) is 12.6 Å². The summed E-state index contributed by atoms with van der Waals surface area (Å²) in [4.78, 5) is 17.6. The van der Waals surface area contributed by atoms with Gasteiger partial charge in [0.25, 0.3) is 0 Å². The van der Waals surface area contributed by atoms with Crippen molar-refractivity contribution in [2.24, 2.45) is 0 Å². The molecule has 2 rings (SSSR count). The Labute approximate surface area is 107 Å². The van der Waals surface area contributed by atoms with E-state index in [1.165, 1.54) is 0 Å². The van der Waals surface area contributed by atoms with Crippen LogP contribution in [-0.2, 0) is 6.42 Å². The third-order valence-corrected chi connectivity index (χ3v) is 3.05. The summed E-state index contributed by atoms with van der Waals surface area (Å²) in [7, 11) is 1.63. The molecule has 0 radical (unpaired) electrons. The largest absolute Gasteiger partial charge is 0.497 e. The summed E-state index contributed by atoms with van der Waals surface area (Å²) < 4.78 is 5.88. The average molecular weight is 295 g/mol. The third-order valence-electron chi connectivity index (χ3n) is 2.37. The van der Waals surface area contributed by atoms with Crippen LogP contribution in [0.3, 0.4) is 0 Å². The third kappa shape index (κ3) is 2.94. The molecule has 1 aromatic heterocycles. The molecule has 0 fully saturated rings. The van der Waals surface area contributed by atoms with Crippen LogP contribution in [0.25, 0.3) is 0 Å². The minimum Gasteiger partial charge on any atom is -0.497 e. The van der Waals surface area contributed by atoms with Crippen molar-refractivity contribution in [1.82, 2.24) is 9.97 Å². The van der Waals surface area contributed by atoms with Gasteiger partial charge in [-0.15, -0.1) is 0 Å². The fourth-order valence-corrected chi connectivity index (χ4v) is 1.82. The van der Waals surface area contributed by atoms with E-state index < -0.39 is 0 Å². The smallest absolute Gasteiger partial charge is 0.345 e. The van der Waals surface area contributed by atoms with Gasteiger partial charge in [0.1, 0.15) is 5.75 Å². The summed E-state index contributed by atoms with van der Waals surface area (Å²) in [5.74, 6) is 0.812. The van der Waals surface area contributed by atoms with Crippen molar-refractivity contribution in [2.45, 2.75) is 6.42 Å². The number of aromatic amines is 1. The Morgan fingerprint density at radius 3 is 2.71 bits per heavy atom. The molecule has 5 heteroatoms. The Hall–Kier alpha value is -1.62. The first kappa shape index (κ1) is 11.9. The van der Waals surface area contributed by atoms with Crippen molar-refractivity contribution < 1.29 is 4.74 Å². The van der Waals surface area contributed by atoms with Crippen LogP contribution in [-0.4, -0.2) is 17.1 Å². The van der Waals surface area contributed by atoms with E-state index in [0.29, 0.717) is 6.42 Å². The standard InChI is InChI=1S/C12H11BrN2O2/c1-17-9-4-2-8(3-5-9)6-11-10(13)7-14-12(16)15-11/h2-5,7H,6H2,1H3,(H,14,15,16). The summed E-state index contributed by atoms with van der Waals surface area (Å²) in [6.07, 6.45) is 2.21. The zero-order chi connectivity index (χ0) is 12.3. The highest BCUT2D eigenvalue weighted by Crippen LogP contribution is 2.17. The van der Waals surface area contributed by atoms with Gasteiger partial charge in [-0.25, -0.2) is 4.79 Å². The lowest BCUT2D eigenvalue weighted by Crippen LogP contribution is -2.12. The molecule has 88 valence electrons. The molecule has 1 N–H and O–H groups in total. The molecule has 0 spiro atoms. The Morgan fingerprint density at radius 2 is 2.06 bits per heavy atom. The summed E-state index contributed by atoms with van der Waals surface area (Å²) in [6.45, 7) is 0. The van der Waals surface area contributed by atoms with Gasteiger partial charge in [0.2, 0.25) is 0 Å². The van der Waals surface area contributed by atoms with Gasteiger partial charge in [0.15, 0.2) is 0 Å². The molecule has 0 unspecified atom stereocenters. The molecule has 0 aliphatic carbocycles. The molecule has 0 atom stereocenters. The summed E-state index contributed by atoms with van der Waals surface area (Å²) in [6, 6.07) is 7.68. The van der Waals surface area contributed by atoms with Crippen LogP contribution < -0.4 is 10.4 Å². The van der Waals surface area contributed by atoms with Crippen LogP contribution in [0.1, 0.15) is 11.3 Å². The molecule has 17 heavy (non-hydrogen) atoms. The van der Waals surface area contributed by atoms with Crippen molar-refractivity contribution in [3.8, 4) is 5.75 Å². The van der Waals surface area contributed by atoms with Crippen LogP contribution in [0.2, 0.25) is 0 Å². The lowest BCUT2D eigenvalue weighted by molar-refractivity contribution is 0.414. The number of rotatable bonds is 3. The van der Waals surface area contributed by atoms with E-state index in [0.717, 1.165) is 21.5 Å². The van der Waals surface area contributed by atoms with Gasteiger partial charge < -0.3 is 9.72 Å². The van der Waals surface area contributed by atoms with Gasteiger partial charge >= 0.3 is 5.69 Å². The van der Waals surface area contributed by atoms with E-state index in [-0.39, 0.29) is 5.69 Å². The van der Waals surface area contributed by atoms with Gasteiger partial charge in [-0.1, -0.05) is 12.1 Å². The number of halogens is 1. The van der Waals surface area contributed by atoms with Gasteiger partial charge in [-0.2, -0.15) is 4.98 Å². The molecule has 2 aromatic rings. The van der Waals surface area contributed by atoms with Crippen LogP contribution in [0.4, 0.5) is 0 Å². The number of nitrogens with zero attached hydrogens (tertiary/aromatic N) is 1. The van der Waals surface area contributed by atoms with Crippen molar-refractivity contribution in [3.63, 3.8) is 0 Å². The highest BCUT2D eigenvalue weighted by atomic mass is 79.9. The van der Waals surface area contributed by atoms with E-state index in [9.17, 15) is 4.79 Å². The number of aromatic nitrogens is 2. The van der Waals surface area contributed by atoms with E-state index >= 15 is 0 Å². The average Bonchev–Trinajstić information content (AvgIpc) is 2.35. The van der Waals surface area contributed by atoms with Crippen molar-refractivity contribution >= 4 is 15.9 Å². The summed E-state index contributed by atoms with van der Waals surface area (Å²) >= 11 is 3.36. The Kier molecular flexibility index (Phi) is 3.58. The molecule has 0 saturated carbocycles. The number of hydrogen-bond acceptors (Lipinski definition) is 3. The van der Waals surface area contributed by atoms with E-state index in [1.54, 1.807) is 13.3 Å². The molecule has 0 amide bonds. The lowest BCUT2D eigenvalue weighted by Gasteiger charge is -2.04. The number of hydrogen-bond donors (Lipinski definition) is 1. The molecule has 0 aliphatic rings. The molecule has 1 heterocycles. The number of H-pyrrole nitrogens is 1. The highest BCUT2D eigenvalue weighted by molar-refractivity contribution is 9.10. The van der Waals surface area contributed by atoms with Gasteiger partial charge in [0.05, 0.1) is 17.3 Å². The minimum absolute atomic E-state index is 0.336. The van der Waals surface area contributed by atoms with E-state index in [2.05, 4.69) is 25.9 Å². The number of benzene rings is 1. The Morgan fingerprint density at radius 1 is 1.35 bits per heavy atom. The molecule has 4 nitrogen and oxygen atoms in total. The Bertz CT molecular complexity index is 563. The van der Waals surface area contributed by atoms with Crippen molar-refractivity contribution in [3.05, 3.63) is 56.7 Å². The fourth-order valence-electron chi connectivity index (χ4n) is 1.48. The highest BCUT2D eigenvalue weighted by Gasteiger charge is 2.04. The molecule has 1 aromatic carbocycles. The zero-order valence-corrected chi connectivity index (χ0v) is 10.8. The SMILES string of the molecule is COc1ccc(Cc2nc(=O)[nH]cc2Br)cc1. The Balaban J connectivity index is 2.24. The van der Waals surface area contributed by atoms with Crippen LogP contribution in [0.15, 0.2) is 39.7 Å². The van der Waals surface area contributed by atoms with Crippen molar-refractivity contribution in [1.29, 1.82) is 0 Å². The van der Waals surface area contributed by atoms with Gasteiger partial charge in [-0.05, 0) is 33.6 Å². The van der Waals surface area contributed by atoms with E-state index in [4.69, 9.17) is 4.74 Å². The molecular weight excluding hydrogens is 284 g/mol. The molecule has 0 bridgehead atoms. The van der Waals surface area contributed by atoms with Gasteiger partial charge in [-0.3, -0.25) is 0 Å². The normalized spacial score (nSPS) is 10.2. The zero-order valence-electron chi connectivity index (χ0n) is 9.24. The lowest BCUT2D eigenvalue weighted by atomic mass is 10.1. The first-order valence-corrected chi connectivity index (χ1v) is 5.85. The van der Waals surface area contributed by atoms with Crippen LogP contribution >= 0.6 is 15.9 Å². The van der Waals surface area contributed by atoms with Crippen LogP contribution in [0.5, 0.6) is 5.75 Å². The second-order valence-electron chi connectivity index (χ2n) is 3.53. The topological polar surface area (TPSA) is 55.0 Å². The summed E-state index contributed by atoms with van der Waals surface area (Å²) in [5, 5.41) is 0. The van der Waals surface area contributed by atoms with Crippen molar-refractivity contribution in [2.75, 3.05) is 7.11 Å². The quantitative estimate of drug-likeness (QED) is 0.943. The van der Waals surface area contributed by atoms with E-state index in [1.807, 2.05) is 24.3 Å². The second kappa shape index (κ2) is 5.14. The number of methoxy groups -OCH3 is 1. The molecule has 0 aliphatic heterocycles.